The second-order valence-corrected chi connectivity index (χ2v) is 6.35. The van der Waals surface area contributed by atoms with Crippen molar-refractivity contribution in [1.29, 1.82) is 0 Å². The Balaban J connectivity index is 1.93. The fourth-order valence-electron chi connectivity index (χ4n) is 3.39. The average Bonchev–Trinajstić information content (AvgIpc) is 2.90. The van der Waals surface area contributed by atoms with E-state index in [1.54, 1.807) is 37.3 Å². The summed E-state index contributed by atoms with van der Waals surface area (Å²) in [4.78, 5) is 32.6. The maximum atomic E-state index is 13.2. The molecule has 0 aliphatic carbocycles. The van der Waals surface area contributed by atoms with Gasteiger partial charge in [0.2, 0.25) is 11.8 Å². The van der Waals surface area contributed by atoms with E-state index in [0.29, 0.717) is 5.82 Å². The van der Waals surface area contributed by atoms with Crippen LogP contribution in [0, 0.1) is 18.7 Å². The molecule has 0 bridgehead atoms. The number of benzene rings is 1. The smallest absolute Gasteiger partial charge is 0.233 e. The van der Waals surface area contributed by atoms with Crippen LogP contribution in [0.3, 0.4) is 0 Å². The van der Waals surface area contributed by atoms with Gasteiger partial charge in [-0.1, -0.05) is 18.2 Å². The van der Waals surface area contributed by atoms with E-state index in [9.17, 15) is 14.0 Å². The van der Waals surface area contributed by atoms with Crippen LogP contribution in [0.5, 0.6) is 0 Å². The molecule has 2 aromatic rings. The molecule has 25 heavy (non-hydrogen) atoms. The first kappa shape index (κ1) is 17.1. The number of anilines is 1. The number of nitrogens with zero attached hydrogens (tertiary/aromatic N) is 3. The van der Waals surface area contributed by atoms with Crippen LogP contribution in [0.25, 0.3) is 0 Å². The van der Waals surface area contributed by atoms with Crippen LogP contribution in [0.4, 0.5) is 10.2 Å². The lowest BCUT2D eigenvalue weighted by Gasteiger charge is -2.28. The van der Waals surface area contributed by atoms with E-state index in [-0.39, 0.29) is 24.1 Å². The van der Waals surface area contributed by atoms with Gasteiger partial charge in [0.25, 0.3) is 0 Å². The zero-order valence-electron chi connectivity index (χ0n) is 14.4. The number of aromatic nitrogens is 1. The first-order valence-corrected chi connectivity index (χ1v) is 8.10. The molecule has 1 aromatic carbocycles. The molecule has 0 radical (unpaired) electrons. The topological polar surface area (TPSA) is 53.5 Å². The third kappa shape index (κ3) is 3.12. The lowest BCUT2D eigenvalue weighted by atomic mass is 9.92. The van der Waals surface area contributed by atoms with Crippen molar-refractivity contribution in [2.45, 2.75) is 19.4 Å². The summed E-state index contributed by atoms with van der Waals surface area (Å²) in [7, 11) is 3.35. The highest BCUT2D eigenvalue weighted by Gasteiger charge is 2.44. The highest BCUT2D eigenvalue weighted by molar-refractivity contribution is 5.99. The van der Waals surface area contributed by atoms with Crippen LogP contribution >= 0.6 is 0 Å². The Morgan fingerprint density at radius 2 is 1.96 bits per heavy atom. The van der Waals surface area contributed by atoms with Gasteiger partial charge in [-0.2, -0.15) is 0 Å². The van der Waals surface area contributed by atoms with Crippen LogP contribution in [0.15, 0.2) is 42.6 Å². The molecule has 1 saturated heterocycles. The number of aryl methyl sites for hydroxylation is 1. The third-order valence-electron chi connectivity index (χ3n) is 4.75. The zero-order valence-corrected chi connectivity index (χ0v) is 14.4. The van der Waals surface area contributed by atoms with Gasteiger partial charge in [0.15, 0.2) is 0 Å². The molecule has 3 rings (SSSR count). The van der Waals surface area contributed by atoms with Crippen molar-refractivity contribution in [3.8, 4) is 0 Å². The zero-order chi connectivity index (χ0) is 18.1. The molecule has 5 nitrogen and oxygen atoms in total. The number of rotatable bonds is 3. The van der Waals surface area contributed by atoms with Gasteiger partial charge in [0.1, 0.15) is 11.6 Å². The summed E-state index contributed by atoms with van der Waals surface area (Å²) in [6.07, 6.45) is 1.77. The van der Waals surface area contributed by atoms with E-state index >= 15 is 0 Å². The van der Waals surface area contributed by atoms with E-state index < -0.39 is 12.0 Å². The Kier molecular flexibility index (Phi) is 4.53. The summed E-state index contributed by atoms with van der Waals surface area (Å²) in [5.41, 5.74) is 1.63. The number of hydrogen-bond donors (Lipinski definition) is 0. The highest BCUT2D eigenvalue weighted by atomic mass is 19.1. The van der Waals surface area contributed by atoms with Gasteiger partial charge in [-0.25, -0.2) is 9.37 Å². The molecule has 0 spiro atoms. The summed E-state index contributed by atoms with van der Waals surface area (Å²) in [6.45, 7) is 1.88. The molecular formula is C19H20FN3O2. The van der Waals surface area contributed by atoms with E-state index in [1.165, 1.54) is 17.0 Å². The highest BCUT2D eigenvalue weighted by Crippen LogP contribution is 2.38. The fourth-order valence-corrected chi connectivity index (χ4v) is 3.39. The van der Waals surface area contributed by atoms with Crippen LogP contribution < -0.4 is 4.90 Å². The molecule has 1 aromatic heterocycles. The lowest BCUT2D eigenvalue weighted by Crippen LogP contribution is -2.36. The van der Waals surface area contributed by atoms with Crippen molar-refractivity contribution in [1.82, 2.24) is 9.88 Å². The quantitative estimate of drug-likeness (QED) is 0.862. The van der Waals surface area contributed by atoms with Gasteiger partial charge >= 0.3 is 0 Å². The van der Waals surface area contributed by atoms with Crippen molar-refractivity contribution in [2.24, 2.45) is 5.92 Å². The third-order valence-corrected chi connectivity index (χ3v) is 4.75. The Morgan fingerprint density at radius 3 is 2.60 bits per heavy atom. The number of carbonyl (C=O) groups excluding carboxylic acids is 2. The minimum Gasteiger partial charge on any atom is -0.338 e. The monoisotopic (exact) mass is 341 g/mol. The largest absolute Gasteiger partial charge is 0.338 e. The minimum atomic E-state index is -0.533. The number of amides is 2. The number of pyridine rings is 1. The summed E-state index contributed by atoms with van der Waals surface area (Å²) >= 11 is 0. The van der Waals surface area contributed by atoms with Crippen LogP contribution in [0.2, 0.25) is 0 Å². The number of halogens is 1. The summed E-state index contributed by atoms with van der Waals surface area (Å²) < 4.78 is 13.2. The summed E-state index contributed by atoms with van der Waals surface area (Å²) in [5, 5.41) is 0. The van der Waals surface area contributed by atoms with E-state index in [2.05, 4.69) is 4.98 Å². The first-order valence-electron chi connectivity index (χ1n) is 8.10. The molecule has 130 valence electrons. The fraction of sp³-hybridized carbons (Fsp3) is 0.316. The van der Waals surface area contributed by atoms with Crippen molar-refractivity contribution < 1.29 is 14.0 Å². The first-order chi connectivity index (χ1) is 11.9. The Hall–Kier alpha value is -2.76. The molecule has 0 unspecified atom stereocenters. The van der Waals surface area contributed by atoms with Crippen molar-refractivity contribution >= 4 is 17.6 Å². The number of hydrogen-bond acceptors (Lipinski definition) is 3. The normalized spacial score (nSPS) is 20.0. The molecule has 1 aliphatic rings. The average molecular weight is 341 g/mol. The maximum Gasteiger partial charge on any atom is 0.233 e. The molecule has 0 N–H and O–H groups in total. The van der Waals surface area contributed by atoms with Crippen LogP contribution in [-0.4, -0.2) is 35.8 Å². The van der Waals surface area contributed by atoms with Crippen LogP contribution in [-0.2, 0) is 9.59 Å². The van der Waals surface area contributed by atoms with Gasteiger partial charge in [-0.3, -0.25) is 14.5 Å². The summed E-state index contributed by atoms with van der Waals surface area (Å²) in [6, 6.07) is 9.23. The summed E-state index contributed by atoms with van der Waals surface area (Å²) in [5.74, 6) is -0.575. The SMILES string of the molecule is Cc1cccnc1N(C)C(=O)[C@H]1CC(=O)N(C)[C@H]1c1ccc(F)cc1. The maximum absolute atomic E-state index is 13.2. The Bertz CT molecular complexity index is 807. The molecule has 1 aliphatic heterocycles. The molecule has 0 saturated carbocycles. The molecule has 2 amide bonds. The van der Waals surface area contributed by atoms with Gasteiger partial charge in [-0.15, -0.1) is 0 Å². The van der Waals surface area contributed by atoms with Gasteiger partial charge in [-0.05, 0) is 36.2 Å². The second-order valence-electron chi connectivity index (χ2n) is 6.35. The van der Waals surface area contributed by atoms with Crippen molar-refractivity contribution in [3.05, 3.63) is 59.5 Å². The molecule has 2 atom stereocenters. The predicted octanol–water partition coefficient (Wildman–Crippen LogP) is 2.71. The predicted molar refractivity (Wildman–Crippen MR) is 92.4 cm³/mol. The number of likely N-dealkylation sites (tertiary alicyclic amines) is 1. The Labute approximate surface area is 146 Å². The van der Waals surface area contributed by atoms with E-state index in [1.807, 2.05) is 19.1 Å². The van der Waals surface area contributed by atoms with Gasteiger partial charge < -0.3 is 4.90 Å². The van der Waals surface area contributed by atoms with Crippen LogP contribution in [0.1, 0.15) is 23.6 Å². The molecule has 6 heteroatoms. The molecule has 1 fully saturated rings. The number of carbonyl (C=O) groups is 2. The molecule has 2 heterocycles. The van der Waals surface area contributed by atoms with E-state index in [0.717, 1.165) is 11.1 Å². The van der Waals surface area contributed by atoms with Crippen molar-refractivity contribution in [2.75, 3.05) is 19.0 Å². The van der Waals surface area contributed by atoms with Crippen molar-refractivity contribution in [3.63, 3.8) is 0 Å². The molecular weight excluding hydrogens is 321 g/mol. The van der Waals surface area contributed by atoms with E-state index in [4.69, 9.17) is 0 Å². The standard InChI is InChI=1S/C19H20FN3O2/c1-12-5-4-10-21-18(12)23(3)19(25)15-11-16(24)22(2)17(15)13-6-8-14(20)9-7-13/h4-10,15,17H,11H2,1-3H3/t15-,17-/m0/s1. The lowest BCUT2D eigenvalue weighted by molar-refractivity contribution is -0.128. The van der Waals surface area contributed by atoms with Gasteiger partial charge in [0.05, 0.1) is 12.0 Å². The minimum absolute atomic E-state index is 0.0983. The van der Waals surface area contributed by atoms with Gasteiger partial charge in [0, 0.05) is 26.7 Å². The Morgan fingerprint density at radius 1 is 1.28 bits per heavy atom. The second kappa shape index (κ2) is 6.63.